The molecule has 0 aromatic heterocycles. The summed E-state index contributed by atoms with van der Waals surface area (Å²) >= 11 is 0. The molecule has 0 aromatic rings. The molecule has 1 rings (SSSR count). The van der Waals surface area contributed by atoms with Crippen molar-refractivity contribution in [2.45, 2.75) is 64.8 Å². The predicted octanol–water partition coefficient (Wildman–Crippen LogP) is 2.92. The first kappa shape index (κ1) is 14.0. The van der Waals surface area contributed by atoms with Crippen LogP contribution in [0.3, 0.4) is 0 Å². The van der Waals surface area contributed by atoms with E-state index in [0.717, 1.165) is 31.3 Å². The lowest BCUT2D eigenvalue weighted by Gasteiger charge is -2.33. The Balaban J connectivity index is 2.10. The van der Waals surface area contributed by atoms with Crippen LogP contribution >= 0.6 is 0 Å². The molecule has 0 heterocycles. The van der Waals surface area contributed by atoms with Crippen molar-refractivity contribution in [3.8, 4) is 0 Å². The highest BCUT2D eigenvalue weighted by Gasteiger charge is 2.26. The second kappa shape index (κ2) is 6.61. The Morgan fingerprint density at radius 3 is 2.31 bits per heavy atom. The van der Waals surface area contributed by atoms with Gasteiger partial charge in [0.05, 0.1) is 0 Å². The first-order valence-corrected chi connectivity index (χ1v) is 7.03. The molecular formula is C14H30N2. The number of hydrogen-bond acceptors (Lipinski definition) is 2. The van der Waals surface area contributed by atoms with Gasteiger partial charge >= 0.3 is 0 Å². The zero-order chi connectivity index (χ0) is 12.0. The fraction of sp³-hybridized carbons (Fsp3) is 1.00. The molecule has 1 saturated carbocycles. The van der Waals surface area contributed by atoms with Crippen LogP contribution in [0.5, 0.6) is 0 Å². The van der Waals surface area contributed by atoms with Crippen LogP contribution in [0.15, 0.2) is 0 Å². The highest BCUT2D eigenvalue weighted by atomic mass is 14.9. The third-order valence-corrected chi connectivity index (χ3v) is 4.25. The zero-order valence-electron chi connectivity index (χ0n) is 11.4. The van der Waals surface area contributed by atoms with E-state index < -0.39 is 0 Å². The van der Waals surface area contributed by atoms with E-state index in [1.165, 1.54) is 32.1 Å². The molecular weight excluding hydrogens is 196 g/mol. The molecule has 16 heavy (non-hydrogen) atoms. The largest absolute Gasteiger partial charge is 0.325 e. The predicted molar refractivity (Wildman–Crippen MR) is 71.5 cm³/mol. The van der Waals surface area contributed by atoms with Crippen molar-refractivity contribution in [2.24, 2.45) is 17.6 Å². The first-order chi connectivity index (χ1) is 7.53. The fourth-order valence-electron chi connectivity index (χ4n) is 2.41. The van der Waals surface area contributed by atoms with Crippen molar-refractivity contribution >= 4 is 0 Å². The molecule has 96 valence electrons. The van der Waals surface area contributed by atoms with Crippen molar-refractivity contribution < 1.29 is 0 Å². The maximum Gasteiger partial charge on any atom is 0.0166 e. The molecule has 2 heteroatoms. The highest BCUT2D eigenvalue weighted by molar-refractivity contribution is 4.87. The molecule has 1 unspecified atom stereocenters. The maximum absolute atomic E-state index is 6.40. The van der Waals surface area contributed by atoms with Gasteiger partial charge in [0, 0.05) is 5.54 Å². The van der Waals surface area contributed by atoms with Gasteiger partial charge in [-0.25, -0.2) is 0 Å². The van der Waals surface area contributed by atoms with Gasteiger partial charge < -0.3 is 11.1 Å². The third-order valence-electron chi connectivity index (χ3n) is 4.25. The summed E-state index contributed by atoms with van der Waals surface area (Å²) in [5.41, 5.74) is 6.54. The molecule has 0 amide bonds. The van der Waals surface area contributed by atoms with Crippen LogP contribution in [0.4, 0.5) is 0 Å². The Morgan fingerprint density at radius 2 is 1.75 bits per heavy atom. The van der Waals surface area contributed by atoms with Gasteiger partial charge in [-0.3, -0.25) is 0 Å². The molecule has 0 aliphatic heterocycles. The molecule has 0 spiro atoms. The summed E-state index contributed by atoms with van der Waals surface area (Å²) in [5, 5.41) is 3.56. The van der Waals surface area contributed by atoms with E-state index in [0.29, 0.717) is 0 Å². The minimum atomic E-state index is 0.145. The smallest absolute Gasteiger partial charge is 0.0166 e. The van der Waals surface area contributed by atoms with Gasteiger partial charge in [-0.05, 0) is 44.2 Å². The summed E-state index contributed by atoms with van der Waals surface area (Å²) in [5.74, 6) is 1.54. The van der Waals surface area contributed by atoms with Gasteiger partial charge in [0.25, 0.3) is 0 Å². The van der Waals surface area contributed by atoms with Crippen LogP contribution in [0.1, 0.15) is 59.3 Å². The highest BCUT2D eigenvalue weighted by Crippen LogP contribution is 2.28. The summed E-state index contributed by atoms with van der Waals surface area (Å²) in [6.07, 6.45) is 7.66. The molecule has 0 saturated heterocycles. The molecule has 0 aromatic carbocycles. The fourth-order valence-corrected chi connectivity index (χ4v) is 2.41. The van der Waals surface area contributed by atoms with Crippen LogP contribution in [-0.4, -0.2) is 18.6 Å². The standard InChI is InChI=1S/C14H30N2/c1-12(2)13(3)11-16-10-9-14(15)7-5-4-6-8-14/h12-13,16H,4-11,15H2,1-3H3. The van der Waals surface area contributed by atoms with E-state index >= 15 is 0 Å². The second-order valence-electron chi connectivity index (χ2n) is 6.10. The van der Waals surface area contributed by atoms with E-state index in [9.17, 15) is 0 Å². The summed E-state index contributed by atoms with van der Waals surface area (Å²) in [6, 6.07) is 0. The van der Waals surface area contributed by atoms with E-state index in [1.54, 1.807) is 0 Å². The average Bonchev–Trinajstić information content (AvgIpc) is 2.25. The van der Waals surface area contributed by atoms with Crippen LogP contribution in [0, 0.1) is 11.8 Å². The van der Waals surface area contributed by atoms with Gasteiger partial charge in [0.1, 0.15) is 0 Å². The van der Waals surface area contributed by atoms with Gasteiger partial charge in [0.15, 0.2) is 0 Å². The Morgan fingerprint density at radius 1 is 1.12 bits per heavy atom. The van der Waals surface area contributed by atoms with Crippen molar-refractivity contribution in [3.63, 3.8) is 0 Å². The molecule has 1 atom stereocenters. The topological polar surface area (TPSA) is 38.0 Å². The SMILES string of the molecule is CC(C)C(C)CNCCC1(N)CCCCC1. The lowest BCUT2D eigenvalue weighted by Crippen LogP contribution is -2.44. The summed E-state index contributed by atoms with van der Waals surface area (Å²) < 4.78 is 0. The Labute approximate surface area is 101 Å². The van der Waals surface area contributed by atoms with E-state index in [2.05, 4.69) is 26.1 Å². The normalized spacial score (nSPS) is 22.3. The summed E-state index contributed by atoms with van der Waals surface area (Å²) in [4.78, 5) is 0. The monoisotopic (exact) mass is 226 g/mol. The molecule has 0 bridgehead atoms. The molecule has 2 nitrogen and oxygen atoms in total. The Hall–Kier alpha value is -0.0800. The number of rotatable bonds is 6. The summed E-state index contributed by atoms with van der Waals surface area (Å²) in [7, 11) is 0. The van der Waals surface area contributed by atoms with Gasteiger partial charge in [0.2, 0.25) is 0 Å². The lowest BCUT2D eigenvalue weighted by atomic mass is 9.80. The van der Waals surface area contributed by atoms with Crippen LogP contribution in [0.25, 0.3) is 0 Å². The zero-order valence-corrected chi connectivity index (χ0v) is 11.4. The van der Waals surface area contributed by atoms with Gasteiger partial charge in [-0.2, -0.15) is 0 Å². The van der Waals surface area contributed by atoms with Crippen molar-refractivity contribution in [3.05, 3.63) is 0 Å². The Bertz CT molecular complexity index is 183. The van der Waals surface area contributed by atoms with Crippen LogP contribution in [-0.2, 0) is 0 Å². The average molecular weight is 226 g/mol. The molecule has 0 radical (unpaired) electrons. The van der Waals surface area contributed by atoms with Crippen molar-refractivity contribution in [1.29, 1.82) is 0 Å². The quantitative estimate of drug-likeness (QED) is 0.683. The van der Waals surface area contributed by atoms with Gasteiger partial charge in [-0.15, -0.1) is 0 Å². The summed E-state index contributed by atoms with van der Waals surface area (Å²) in [6.45, 7) is 9.12. The third kappa shape index (κ3) is 4.84. The van der Waals surface area contributed by atoms with Crippen LogP contribution in [0.2, 0.25) is 0 Å². The van der Waals surface area contributed by atoms with E-state index in [4.69, 9.17) is 5.73 Å². The van der Waals surface area contributed by atoms with Crippen molar-refractivity contribution in [2.75, 3.05) is 13.1 Å². The molecule has 1 fully saturated rings. The first-order valence-electron chi connectivity index (χ1n) is 7.03. The Kier molecular flexibility index (Phi) is 5.77. The van der Waals surface area contributed by atoms with E-state index in [1.807, 2.05) is 0 Å². The number of nitrogens with one attached hydrogen (secondary N) is 1. The minimum absolute atomic E-state index is 0.145. The molecule has 1 aliphatic rings. The number of nitrogens with two attached hydrogens (primary N) is 1. The minimum Gasteiger partial charge on any atom is -0.325 e. The van der Waals surface area contributed by atoms with Gasteiger partial charge in [-0.1, -0.05) is 40.0 Å². The van der Waals surface area contributed by atoms with Crippen LogP contribution < -0.4 is 11.1 Å². The lowest BCUT2D eigenvalue weighted by molar-refractivity contribution is 0.271. The second-order valence-corrected chi connectivity index (χ2v) is 6.10. The maximum atomic E-state index is 6.40. The molecule has 3 N–H and O–H groups in total. The number of hydrogen-bond donors (Lipinski definition) is 2. The van der Waals surface area contributed by atoms with Crippen molar-refractivity contribution in [1.82, 2.24) is 5.32 Å². The molecule has 1 aliphatic carbocycles. The van der Waals surface area contributed by atoms with E-state index in [-0.39, 0.29) is 5.54 Å².